The molecule has 0 aliphatic carbocycles. The zero-order valence-electron chi connectivity index (χ0n) is 16.7. The van der Waals surface area contributed by atoms with Gasteiger partial charge < -0.3 is 14.2 Å². The van der Waals surface area contributed by atoms with Gasteiger partial charge in [-0.05, 0) is 25.2 Å². The number of benzene rings is 2. The van der Waals surface area contributed by atoms with Crippen LogP contribution in [0.1, 0.15) is 23.4 Å². The van der Waals surface area contributed by atoms with Crippen LogP contribution in [0.15, 0.2) is 73.1 Å². The summed E-state index contributed by atoms with van der Waals surface area (Å²) in [5.41, 5.74) is 1.19. The molecular formula is C23H26ClN3O2. The molecule has 2 heterocycles. The minimum Gasteiger partial charge on any atom is -0.459 e. The van der Waals surface area contributed by atoms with E-state index in [1.165, 1.54) is 0 Å². The summed E-state index contributed by atoms with van der Waals surface area (Å²) < 4.78 is 8.01. The molecular weight excluding hydrogens is 386 g/mol. The third-order valence-corrected chi connectivity index (χ3v) is 5.35. The van der Waals surface area contributed by atoms with Crippen molar-refractivity contribution in [3.05, 3.63) is 90.0 Å². The van der Waals surface area contributed by atoms with Gasteiger partial charge in [-0.15, -0.1) is 12.4 Å². The predicted octanol–water partition coefficient (Wildman–Crippen LogP) is 3.67. The first-order valence-corrected chi connectivity index (χ1v) is 9.56. The molecule has 5 nitrogen and oxygen atoms in total. The van der Waals surface area contributed by atoms with Crippen LogP contribution < -0.4 is 0 Å². The Kier molecular flexibility index (Phi) is 6.40. The van der Waals surface area contributed by atoms with Crippen LogP contribution in [-0.4, -0.2) is 40.6 Å². The molecule has 0 saturated carbocycles. The smallest absolute Gasteiger partial charge is 0.321 e. The van der Waals surface area contributed by atoms with Crippen LogP contribution in [0, 0.1) is 0 Å². The molecule has 1 fully saturated rings. The first-order valence-electron chi connectivity index (χ1n) is 9.56. The molecule has 29 heavy (non-hydrogen) atoms. The van der Waals surface area contributed by atoms with Gasteiger partial charge in [-0.1, -0.05) is 60.7 Å². The Morgan fingerprint density at radius 2 is 1.66 bits per heavy atom. The lowest BCUT2D eigenvalue weighted by Crippen LogP contribution is -2.33. The largest absolute Gasteiger partial charge is 0.459 e. The number of hydrogen-bond donors (Lipinski definition) is 0. The molecule has 0 radical (unpaired) electrons. The van der Waals surface area contributed by atoms with Gasteiger partial charge in [-0.3, -0.25) is 4.79 Å². The van der Waals surface area contributed by atoms with E-state index in [0.29, 0.717) is 13.0 Å². The summed E-state index contributed by atoms with van der Waals surface area (Å²) in [6.07, 6.45) is 4.16. The Morgan fingerprint density at radius 3 is 2.21 bits per heavy atom. The average Bonchev–Trinajstić information content (AvgIpc) is 3.27. The number of carbonyl (C=O) groups is 1. The van der Waals surface area contributed by atoms with E-state index in [4.69, 9.17) is 4.74 Å². The van der Waals surface area contributed by atoms with Crippen molar-refractivity contribution in [2.45, 2.75) is 31.0 Å². The summed E-state index contributed by atoms with van der Waals surface area (Å²) in [6, 6.07) is 19.9. The monoisotopic (exact) mass is 411 g/mol. The summed E-state index contributed by atoms with van der Waals surface area (Å²) >= 11 is 0. The molecule has 0 bridgehead atoms. The van der Waals surface area contributed by atoms with Crippen LogP contribution in [0.4, 0.5) is 0 Å². The summed E-state index contributed by atoms with van der Waals surface area (Å²) in [5, 5.41) is 0. The maximum atomic E-state index is 13.2. The highest BCUT2D eigenvalue weighted by molar-refractivity contribution is 5.89. The highest BCUT2D eigenvalue weighted by Gasteiger charge is 2.51. The fraction of sp³-hybridized carbons (Fsp3) is 0.304. The summed E-state index contributed by atoms with van der Waals surface area (Å²) in [6.45, 7) is 1.35. The van der Waals surface area contributed by atoms with Gasteiger partial charge in [0.1, 0.15) is 17.3 Å². The number of rotatable bonds is 6. The van der Waals surface area contributed by atoms with Crippen molar-refractivity contribution in [2.75, 3.05) is 14.1 Å². The first-order chi connectivity index (χ1) is 13.6. The highest BCUT2D eigenvalue weighted by Crippen LogP contribution is 2.43. The first kappa shape index (κ1) is 21.1. The second-order valence-corrected chi connectivity index (χ2v) is 7.60. The molecule has 0 N–H and O–H groups in total. The van der Waals surface area contributed by atoms with Crippen LogP contribution in [0.3, 0.4) is 0 Å². The topological polar surface area (TPSA) is 47.4 Å². The molecule has 4 rings (SSSR count). The molecule has 1 atom stereocenters. The standard InChI is InChI=1S/C23H25N3O2.ClH/c1-25(2)17-21-24-13-14-26(21)16-20-15-23(22(27)28-20,18-9-5-3-6-10-18)19-11-7-4-8-12-19;/h3-14,20H,15-17H2,1-2H3;1H. The van der Waals surface area contributed by atoms with Crippen LogP contribution >= 0.6 is 12.4 Å². The second kappa shape index (κ2) is 8.80. The van der Waals surface area contributed by atoms with Crippen LogP contribution in [0.2, 0.25) is 0 Å². The van der Waals surface area contributed by atoms with Gasteiger partial charge in [0.25, 0.3) is 0 Å². The molecule has 1 unspecified atom stereocenters. The van der Waals surface area contributed by atoms with Crippen LogP contribution in [-0.2, 0) is 28.0 Å². The quantitative estimate of drug-likeness (QED) is 0.581. The third kappa shape index (κ3) is 4.07. The Balaban J connectivity index is 0.00000240. The van der Waals surface area contributed by atoms with E-state index in [0.717, 1.165) is 23.5 Å². The van der Waals surface area contributed by atoms with Crippen molar-refractivity contribution in [1.29, 1.82) is 0 Å². The van der Waals surface area contributed by atoms with Crippen LogP contribution in [0.25, 0.3) is 0 Å². The molecule has 1 aliphatic heterocycles. The maximum absolute atomic E-state index is 13.2. The zero-order valence-corrected chi connectivity index (χ0v) is 17.5. The summed E-state index contributed by atoms with van der Waals surface area (Å²) in [5.74, 6) is 0.794. The number of imidazole rings is 1. The van der Waals surface area contributed by atoms with E-state index in [9.17, 15) is 4.79 Å². The Morgan fingerprint density at radius 1 is 1.07 bits per heavy atom. The lowest BCUT2D eigenvalue weighted by molar-refractivity contribution is -0.145. The fourth-order valence-corrected chi connectivity index (χ4v) is 4.06. The number of cyclic esters (lactones) is 1. The molecule has 1 saturated heterocycles. The normalized spacial score (nSPS) is 17.8. The van der Waals surface area contributed by atoms with Crippen molar-refractivity contribution in [2.24, 2.45) is 0 Å². The molecule has 6 heteroatoms. The maximum Gasteiger partial charge on any atom is 0.321 e. The summed E-state index contributed by atoms with van der Waals surface area (Å²) in [4.78, 5) is 19.8. The van der Waals surface area contributed by atoms with Gasteiger partial charge in [0.2, 0.25) is 0 Å². The minimum atomic E-state index is -0.768. The Hall–Kier alpha value is -2.63. The predicted molar refractivity (Wildman–Crippen MR) is 115 cm³/mol. The van der Waals surface area contributed by atoms with Crippen molar-refractivity contribution in [3.63, 3.8) is 0 Å². The lowest BCUT2D eigenvalue weighted by atomic mass is 9.72. The number of ether oxygens (including phenoxy) is 1. The number of hydrogen-bond acceptors (Lipinski definition) is 4. The number of carbonyl (C=O) groups excluding carboxylic acids is 1. The van der Waals surface area contributed by atoms with E-state index in [-0.39, 0.29) is 24.5 Å². The van der Waals surface area contributed by atoms with Gasteiger partial charge in [0, 0.05) is 18.8 Å². The van der Waals surface area contributed by atoms with Crippen molar-refractivity contribution >= 4 is 18.4 Å². The molecule has 0 amide bonds. The van der Waals surface area contributed by atoms with Gasteiger partial charge >= 0.3 is 5.97 Å². The molecule has 0 spiro atoms. The number of esters is 1. The van der Waals surface area contributed by atoms with E-state index in [2.05, 4.69) is 14.5 Å². The van der Waals surface area contributed by atoms with Gasteiger partial charge in [-0.2, -0.15) is 0 Å². The number of halogens is 1. The van der Waals surface area contributed by atoms with E-state index in [1.807, 2.05) is 81.0 Å². The lowest BCUT2D eigenvalue weighted by Gasteiger charge is -2.26. The van der Waals surface area contributed by atoms with E-state index < -0.39 is 5.41 Å². The van der Waals surface area contributed by atoms with Gasteiger partial charge in [0.05, 0.1) is 13.1 Å². The van der Waals surface area contributed by atoms with Gasteiger partial charge in [-0.25, -0.2) is 4.98 Å². The van der Waals surface area contributed by atoms with Crippen molar-refractivity contribution in [3.8, 4) is 0 Å². The molecule has 3 aromatic rings. The highest BCUT2D eigenvalue weighted by atomic mass is 35.5. The summed E-state index contributed by atoms with van der Waals surface area (Å²) in [7, 11) is 4.04. The number of nitrogens with zero attached hydrogens (tertiary/aromatic N) is 3. The van der Waals surface area contributed by atoms with E-state index >= 15 is 0 Å². The second-order valence-electron chi connectivity index (χ2n) is 7.60. The van der Waals surface area contributed by atoms with Crippen molar-refractivity contribution < 1.29 is 9.53 Å². The fourth-order valence-electron chi connectivity index (χ4n) is 4.06. The Bertz CT molecular complexity index is 902. The zero-order chi connectivity index (χ0) is 19.6. The molecule has 1 aliphatic rings. The van der Waals surface area contributed by atoms with Gasteiger partial charge in [0.15, 0.2) is 0 Å². The van der Waals surface area contributed by atoms with E-state index in [1.54, 1.807) is 6.20 Å². The van der Waals surface area contributed by atoms with Crippen molar-refractivity contribution in [1.82, 2.24) is 14.5 Å². The average molecular weight is 412 g/mol. The minimum absolute atomic E-state index is 0. The Labute approximate surface area is 177 Å². The van der Waals surface area contributed by atoms with Crippen LogP contribution in [0.5, 0.6) is 0 Å². The molecule has 1 aromatic heterocycles. The molecule has 152 valence electrons. The number of aromatic nitrogens is 2. The molecule has 2 aromatic carbocycles. The SMILES string of the molecule is CN(C)Cc1nccn1CC1CC(c2ccccc2)(c2ccccc2)C(=O)O1.Cl. The third-order valence-electron chi connectivity index (χ3n) is 5.35.